The molecule has 76 valence electrons. The molecule has 0 heterocycles. The molecule has 0 aliphatic carbocycles. The van der Waals surface area contributed by atoms with Crippen LogP contribution in [0.5, 0.6) is 0 Å². The van der Waals surface area contributed by atoms with Crippen molar-refractivity contribution in [2.75, 3.05) is 0 Å². The summed E-state index contributed by atoms with van der Waals surface area (Å²) in [6.45, 7) is 0. The maximum absolute atomic E-state index is 10.5. The number of hydrogen-bond donors (Lipinski definition) is 1. The molecule has 0 unspecified atom stereocenters. The first-order valence-electron chi connectivity index (χ1n) is 4.78. The first-order chi connectivity index (χ1) is 7.21. The average Bonchev–Trinajstić information content (AvgIpc) is 2.31. The zero-order valence-corrected chi connectivity index (χ0v) is 10.3. The SMILES string of the molecule is C=[As](O)(c1ccccc1)c1ccccc1. The van der Waals surface area contributed by atoms with Crippen molar-refractivity contribution in [1.29, 1.82) is 0 Å². The normalized spacial score (nSPS) is 11.3. The van der Waals surface area contributed by atoms with Crippen LogP contribution in [-0.2, 0) is 0 Å². The van der Waals surface area contributed by atoms with E-state index in [2.05, 4.69) is 5.31 Å². The van der Waals surface area contributed by atoms with Crippen LogP contribution in [0, 0.1) is 0 Å². The Kier molecular flexibility index (Phi) is 2.85. The molecule has 0 fully saturated rings. The summed E-state index contributed by atoms with van der Waals surface area (Å²) < 4.78 is 12.5. The third-order valence-corrected chi connectivity index (χ3v) is 7.20. The van der Waals surface area contributed by atoms with E-state index in [-0.39, 0.29) is 0 Å². The molecule has 0 aliphatic heterocycles. The molecule has 0 bridgehead atoms. The van der Waals surface area contributed by atoms with Gasteiger partial charge in [0, 0.05) is 0 Å². The topological polar surface area (TPSA) is 20.2 Å². The molecule has 0 atom stereocenters. The van der Waals surface area contributed by atoms with Crippen LogP contribution in [0.25, 0.3) is 0 Å². The zero-order valence-electron chi connectivity index (χ0n) is 8.38. The van der Waals surface area contributed by atoms with Crippen LogP contribution >= 0.6 is 0 Å². The van der Waals surface area contributed by atoms with Gasteiger partial charge in [-0.05, 0) is 0 Å². The second-order valence-electron chi connectivity index (χ2n) is 3.44. The van der Waals surface area contributed by atoms with E-state index < -0.39 is 13.4 Å². The quantitative estimate of drug-likeness (QED) is 0.790. The standard InChI is InChI=1S/C13H13AsO/c1-14(15,12-8-4-2-5-9-12)13-10-6-3-7-11-13/h2-11,15H,1H2. The first kappa shape index (κ1) is 10.3. The van der Waals surface area contributed by atoms with E-state index in [0.29, 0.717) is 0 Å². The maximum atomic E-state index is 10.5. The van der Waals surface area contributed by atoms with Crippen LogP contribution in [0.1, 0.15) is 0 Å². The molecule has 0 aromatic heterocycles. The molecule has 1 N–H and O–H groups in total. The van der Waals surface area contributed by atoms with Crippen molar-refractivity contribution in [3.05, 3.63) is 60.7 Å². The van der Waals surface area contributed by atoms with Crippen molar-refractivity contribution >= 4 is 27.5 Å². The van der Waals surface area contributed by atoms with E-state index in [1.807, 2.05) is 60.7 Å². The molecule has 0 amide bonds. The molecular weight excluding hydrogens is 247 g/mol. The summed E-state index contributed by atoms with van der Waals surface area (Å²) in [6, 6.07) is 19.5. The van der Waals surface area contributed by atoms with Gasteiger partial charge in [-0.3, -0.25) is 0 Å². The Balaban J connectivity index is 2.50. The van der Waals surface area contributed by atoms with Crippen LogP contribution in [0.2, 0.25) is 0 Å². The Morgan fingerprint density at radius 3 is 1.40 bits per heavy atom. The number of hydrogen-bond acceptors (Lipinski definition) is 1. The summed E-state index contributed by atoms with van der Waals surface area (Å²) in [5.41, 5.74) is 0. The molecule has 15 heavy (non-hydrogen) atoms. The predicted molar refractivity (Wildman–Crippen MR) is 67.2 cm³/mol. The fourth-order valence-electron chi connectivity index (χ4n) is 1.50. The van der Waals surface area contributed by atoms with Crippen LogP contribution in [0.15, 0.2) is 60.7 Å². The second kappa shape index (κ2) is 4.14. The van der Waals surface area contributed by atoms with E-state index in [1.165, 1.54) is 0 Å². The van der Waals surface area contributed by atoms with E-state index in [9.17, 15) is 4.10 Å². The summed E-state index contributed by atoms with van der Waals surface area (Å²) in [5.74, 6) is 0. The summed E-state index contributed by atoms with van der Waals surface area (Å²) in [7, 11) is 0. The molecule has 2 aromatic carbocycles. The van der Waals surface area contributed by atoms with Gasteiger partial charge in [-0.2, -0.15) is 0 Å². The Morgan fingerprint density at radius 1 is 0.733 bits per heavy atom. The number of rotatable bonds is 2. The van der Waals surface area contributed by atoms with Crippen molar-refractivity contribution in [2.24, 2.45) is 0 Å². The molecule has 0 saturated heterocycles. The Hall–Kier alpha value is -1.17. The Morgan fingerprint density at radius 2 is 1.07 bits per heavy atom. The molecule has 0 aliphatic rings. The summed E-state index contributed by atoms with van der Waals surface area (Å²) in [5, 5.41) is 4.04. The van der Waals surface area contributed by atoms with Gasteiger partial charge in [-0.25, -0.2) is 0 Å². The summed E-state index contributed by atoms with van der Waals surface area (Å²) in [4.78, 5) is 0. The third kappa shape index (κ3) is 2.09. The molecule has 0 spiro atoms. The van der Waals surface area contributed by atoms with Crippen molar-refractivity contribution in [3.8, 4) is 0 Å². The van der Waals surface area contributed by atoms with Gasteiger partial charge in [0.2, 0.25) is 0 Å². The number of benzene rings is 2. The Bertz CT molecular complexity index is 433. The minimum absolute atomic E-state index is 0.974. The van der Waals surface area contributed by atoms with E-state index in [1.54, 1.807) is 0 Å². The molecule has 0 saturated carbocycles. The molecule has 2 heteroatoms. The van der Waals surface area contributed by atoms with Crippen LogP contribution in [-0.4, -0.2) is 22.9 Å². The van der Waals surface area contributed by atoms with Gasteiger partial charge >= 0.3 is 92.2 Å². The van der Waals surface area contributed by atoms with E-state index in [4.69, 9.17) is 0 Å². The van der Waals surface area contributed by atoms with Crippen molar-refractivity contribution in [1.82, 2.24) is 0 Å². The fraction of sp³-hybridized carbons (Fsp3) is 0. The molecule has 2 aromatic rings. The molecule has 0 radical (unpaired) electrons. The predicted octanol–water partition coefficient (Wildman–Crippen LogP) is 0.752. The Labute approximate surface area is 92.4 Å². The van der Waals surface area contributed by atoms with Gasteiger partial charge in [0.1, 0.15) is 0 Å². The van der Waals surface area contributed by atoms with Gasteiger partial charge in [-0.15, -0.1) is 0 Å². The second-order valence-corrected chi connectivity index (χ2v) is 8.84. The summed E-state index contributed by atoms with van der Waals surface area (Å²) >= 11 is -3.07. The monoisotopic (exact) mass is 260 g/mol. The van der Waals surface area contributed by atoms with Gasteiger partial charge in [-0.1, -0.05) is 0 Å². The van der Waals surface area contributed by atoms with Crippen molar-refractivity contribution < 1.29 is 4.10 Å². The van der Waals surface area contributed by atoms with Crippen molar-refractivity contribution in [3.63, 3.8) is 0 Å². The van der Waals surface area contributed by atoms with Crippen molar-refractivity contribution in [2.45, 2.75) is 0 Å². The minimum atomic E-state index is -3.07. The van der Waals surface area contributed by atoms with Gasteiger partial charge in [0.15, 0.2) is 0 Å². The van der Waals surface area contributed by atoms with Crippen LogP contribution in [0.4, 0.5) is 0 Å². The van der Waals surface area contributed by atoms with Gasteiger partial charge < -0.3 is 0 Å². The van der Waals surface area contributed by atoms with Gasteiger partial charge in [0.05, 0.1) is 0 Å². The molecular formula is C13H13AsO. The molecule has 1 nitrogen and oxygen atoms in total. The van der Waals surface area contributed by atoms with E-state index >= 15 is 0 Å². The average molecular weight is 260 g/mol. The summed E-state index contributed by atoms with van der Waals surface area (Å²) in [6.07, 6.45) is 0. The zero-order chi connectivity index (χ0) is 10.7. The van der Waals surface area contributed by atoms with Crippen LogP contribution < -0.4 is 8.70 Å². The van der Waals surface area contributed by atoms with Gasteiger partial charge in [0.25, 0.3) is 0 Å². The third-order valence-electron chi connectivity index (χ3n) is 2.37. The molecule has 2 rings (SSSR count). The first-order valence-corrected chi connectivity index (χ1v) is 8.83. The van der Waals surface area contributed by atoms with E-state index in [0.717, 1.165) is 8.70 Å². The fourth-order valence-corrected chi connectivity index (χ4v) is 4.92. The van der Waals surface area contributed by atoms with Crippen LogP contribution in [0.3, 0.4) is 0 Å².